The first-order valence-electron chi connectivity index (χ1n) is 8.09. The fourth-order valence-corrected chi connectivity index (χ4v) is 3.15. The van der Waals surface area contributed by atoms with E-state index in [1.54, 1.807) is 25.1 Å². The monoisotopic (exact) mass is 400 g/mol. The van der Waals surface area contributed by atoms with Crippen molar-refractivity contribution in [2.75, 3.05) is 18.5 Å². The van der Waals surface area contributed by atoms with Crippen molar-refractivity contribution in [3.63, 3.8) is 0 Å². The molecular weight excluding hydrogens is 385 g/mol. The third kappa shape index (κ3) is 3.90. The van der Waals surface area contributed by atoms with Gasteiger partial charge in [-0.15, -0.1) is 0 Å². The minimum absolute atomic E-state index is 0.0278. The van der Waals surface area contributed by atoms with Crippen LogP contribution >= 0.6 is 11.6 Å². The van der Waals surface area contributed by atoms with E-state index in [1.807, 2.05) is 0 Å². The minimum Gasteiger partial charge on any atom is -0.503 e. The van der Waals surface area contributed by atoms with Crippen molar-refractivity contribution in [2.24, 2.45) is 0 Å². The van der Waals surface area contributed by atoms with Gasteiger partial charge < -0.3 is 20.1 Å². The first-order chi connectivity index (χ1) is 12.7. The second-order valence-electron chi connectivity index (χ2n) is 5.92. The number of aromatic hydroxyl groups is 1. The van der Waals surface area contributed by atoms with Crippen LogP contribution in [0.1, 0.15) is 29.0 Å². The number of para-hydroxylation sites is 1. The van der Waals surface area contributed by atoms with Gasteiger partial charge in [-0.1, -0.05) is 23.7 Å². The van der Waals surface area contributed by atoms with E-state index in [1.165, 1.54) is 18.2 Å². The fraction of sp³-hybridized carbons (Fsp3) is 0.278. The number of phenols is 1. The molecule has 1 aliphatic heterocycles. The van der Waals surface area contributed by atoms with Crippen LogP contribution in [0.5, 0.6) is 11.5 Å². The molecule has 1 heterocycles. The Morgan fingerprint density at radius 2 is 2.00 bits per heavy atom. The van der Waals surface area contributed by atoms with Gasteiger partial charge in [-0.2, -0.15) is 13.2 Å². The molecule has 27 heavy (non-hydrogen) atoms. The Kier molecular flexibility index (Phi) is 5.10. The highest BCUT2D eigenvalue weighted by atomic mass is 35.5. The summed E-state index contributed by atoms with van der Waals surface area (Å²) < 4.78 is 44.6. The first-order valence-corrected chi connectivity index (χ1v) is 8.47. The highest BCUT2D eigenvalue weighted by molar-refractivity contribution is 6.32. The van der Waals surface area contributed by atoms with Crippen LogP contribution in [-0.4, -0.2) is 35.2 Å². The molecule has 0 bridgehead atoms. The lowest BCUT2D eigenvalue weighted by Gasteiger charge is -2.38. The highest BCUT2D eigenvalue weighted by Gasteiger charge is 2.41. The van der Waals surface area contributed by atoms with Gasteiger partial charge in [0.2, 0.25) is 0 Å². The van der Waals surface area contributed by atoms with Crippen molar-refractivity contribution in [1.82, 2.24) is 4.90 Å². The maximum absolute atomic E-state index is 13.1. The lowest BCUT2D eigenvalue weighted by atomic mass is 10.0. The number of halogens is 4. The molecule has 0 fully saturated rings. The summed E-state index contributed by atoms with van der Waals surface area (Å²) in [7, 11) is 0. The number of rotatable bonds is 4. The number of benzene rings is 2. The van der Waals surface area contributed by atoms with Crippen molar-refractivity contribution in [3.05, 3.63) is 52.5 Å². The second kappa shape index (κ2) is 7.19. The third-order valence-corrected chi connectivity index (χ3v) is 4.33. The Bertz CT molecular complexity index is 873. The maximum atomic E-state index is 13.1. The van der Waals surface area contributed by atoms with Crippen LogP contribution in [-0.2, 0) is 0 Å². The van der Waals surface area contributed by atoms with Crippen LogP contribution in [0.4, 0.5) is 18.9 Å². The standard InChI is InChI=1S/C18H16ClF3N2O3/c1-2-27-14-8-10(7-12(19)15(14)25)16-23-13-6-4-3-5-11(13)17(26)24(16)9-18(20,21)22/h3-8,16,23,25H,2,9H2,1H3/t16-/m0/s1. The number of carbonyl (C=O) groups is 1. The van der Waals surface area contributed by atoms with Gasteiger partial charge in [0.1, 0.15) is 12.7 Å². The number of nitrogens with one attached hydrogen (secondary N) is 1. The van der Waals surface area contributed by atoms with Crippen molar-refractivity contribution < 1.29 is 27.8 Å². The molecule has 5 nitrogen and oxygen atoms in total. The molecule has 144 valence electrons. The highest BCUT2D eigenvalue weighted by Crippen LogP contribution is 2.41. The number of anilines is 1. The van der Waals surface area contributed by atoms with E-state index in [9.17, 15) is 23.1 Å². The van der Waals surface area contributed by atoms with Crippen LogP contribution in [0.3, 0.4) is 0 Å². The molecule has 9 heteroatoms. The smallest absolute Gasteiger partial charge is 0.406 e. The molecule has 3 rings (SSSR count). The van der Waals surface area contributed by atoms with E-state index in [2.05, 4.69) is 5.32 Å². The van der Waals surface area contributed by atoms with Crippen LogP contribution in [0.15, 0.2) is 36.4 Å². The maximum Gasteiger partial charge on any atom is 0.406 e. The van der Waals surface area contributed by atoms with Gasteiger partial charge in [-0.05, 0) is 31.2 Å². The molecular formula is C18H16ClF3N2O3. The van der Waals surface area contributed by atoms with E-state index in [0.717, 1.165) is 0 Å². The number of carbonyl (C=O) groups excluding carboxylic acids is 1. The average molecular weight is 401 g/mol. The number of alkyl halides is 3. The van der Waals surface area contributed by atoms with Crippen molar-refractivity contribution >= 4 is 23.2 Å². The Morgan fingerprint density at radius 1 is 1.30 bits per heavy atom. The van der Waals surface area contributed by atoms with E-state index >= 15 is 0 Å². The van der Waals surface area contributed by atoms with E-state index in [4.69, 9.17) is 16.3 Å². The number of nitrogens with zero attached hydrogens (tertiary/aromatic N) is 1. The number of phenolic OH excluding ortho intramolecular Hbond substituents is 1. The fourth-order valence-electron chi connectivity index (χ4n) is 2.93. The molecule has 2 aromatic carbocycles. The van der Waals surface area contributed by atoms with Gasteiger partial charge in [-0.25, -0.2) is 0 Å². The largest absolute Gasteiger partial charge is 0.503 e. The van der Waals surface area contributed by atoms with Crippen LogP contribution in [0.25, 0.3) is 0 Å². The predicted molar refractivity (Wildman–Crippen MR) is 94.2 cm³/mol. The Labute approximate surface area is 158 Å². The summed E-state index contributed by atoms with van der Waals surface area (Å²) in [4.78, 5) is 13.4. The van der Waals surface area contributed by atoms with Crippen molar-refractivity contribution in [1.29, 1.82) is 0 Å². The lowest BCUT2D eigenvalue weighted by molar-refractivity contribution is -0.144. The van der Waals surface area contributed by atoms with Gasteiger partial charge in [0.25, 0.3) is 5.91 Å². The Hall–Kier alpha value is -2.61. The summed E-state index contributed by atoms with van der Waals surface area (Å²) in [5, 5.41) is 12.8. The van der Waals surface area contributed by atoms with Gasteiger partial charge in [0.15, 0.2) is 11.5 Å². The van der Waals surface area contributed by atoms with Crippen molar-refractivity contribution in [3.8, 4) is 11.5 Å². The number of amides is 1. The zero-order valence-corrected chi connectivity index (χ0v) is 14.9. The molecule has 0 aromatic heterocycles. The van der Waals surface area contributed by atoms with Gasteiger partial charge in [0, 0.05) is 11.3 Å². The molecule has 0 aliphatic carbocycles. The summed E-state index contributed by atoms with van der Waals surface area (Å²) in [5.74, 6) is -1.04. The van der Waals surface area contributed by atoms with E-state index in [-0.39, 0.29) is 34.3 Å². The second-order valence-corrected chi connectivity index (χ2v) is 6.33. The molecule has 0 saturated heterocycles. The van der Waals surface area contributed by atoms with E-state index in [0.29, 0.717) is 10.6 Å². The van der Waals surface area contributed by atoms with Crippen molar-refractivity contribution in [2.45, 2.75) is 19.3 Å². The quantitative estimate of drug-likeness (QED) is 0.789. The summed E-state index contributed by atoms with van der Waals surface area (Å²) in [6, 6.07) is 8.99. The molecule has 0 radical (unpaired) electrons. The lowest BCUT2D eigenvalue weighted by Crippen LogP contribution is -2.47. The number of ether oxygens (including phenoxy) is 1. The third-order valence-electron chi connectivity index (χ3n) is 4.04. The average Bonchev–Trinajstić information content (AvgIpc) is 2.60. The molecule has 2 aromatic rings. The number of hydrogen-bond donors (Lipinski definition) is 2. The number of hydrogen-bond acceptors (Lipinski definition) is 4. The topological polar surface area (TPSA) is 61.8 Å². The summed E-state index contributed by atoms with van der Waals surface area (Å²) in [5.41, 5.74) is 0.814. The minimum atomic E-state index is -4.59. The van der Waals surface area contributed by atoms with Gasteiger partial charge in [-0.3, -0.25) is 4.79 Å². The normalized spacial score (nSPS) is 16.7. The molecule has 1 atom stereocenters. The molecule has 0 spiro atoms. The van der Waals surface area contributed by atoms with Crippen LogP contribution in [0, 0.1) is 0 Å². The van der Waals surface area contributed by atoms with E-state index < -0.39 is 24.8 Å². The Morgan fingerprint density at radius 3 is 2.67 bits per heavy atom. The van der Waals surface area contributed by atoms with Gasteiger partial charge in [0.05, 0.1) is 17.2 Å². The zero-order valence-electron chi connectivity index (χ0n) is 14.2. The van der Waals surface area contributed by atoms with Gasteiger partial charge >= 0.3 is 6.18 Å². The van der Waals surface area contributed by atoms with Crippen LogP contribution in [0.2, 0.25) is 5.02 Å². The summed E-state index contributed by atoms with van der Waals surface area (Å²) in [6.07, 6.45) is -5.72. The first kappa shape index (κ1) is 19.2. The number of fused-ring (bicyclic) bond motifs is 1. The summed E-state index contributed by atoms with van der Waals surface area (Å²) in [6.45, 7) is 0.467. The zero-order chi connectivity index (χ0) is 19.8. The molecule has 0 unspecified atom stereocenters. The van der Waals surface area contributed by atoms with Crippen LogP contribution < -0.4 is 10.1 Å². The molecule has 0 saturated carbocycles. The molecule has 1 amide bonds. The predicted octanol–water partition coefficient (Wildman–Crippen LogP) is 4.57. The summed E-state index contributed by atoms with van der Waals surface area (Å²) >= 11 is 6.01. The SMILES string of the molecule is CCOc1cc([C@H]2Nc3ccccc3C(=O)N2CC(F)(F)F)cc(Cl)c1O. The Balaban J connectivity index is 2.10. The molecule has 2 N–H and O–H groups in total. The molecule has 1 aliphatic rings.